The monoisotopic (exact) mass is 318 g/mol. The standard InChI is InChI=1S/C14H10.C6H6.BH3O3/c1-2-6-12-10-14-8-4-3-7-13(14)9-11(12)5-1;1-2-4-6-5-3-1;2-1(3)4/h1-10H;1-6H;2-4H. The van der Waals surface area contributed by atoms with E-state index in [1.807, 2.05) is 36.4 Å². The average molecular weight is 318 g/mol. The van der Waals surface area contributed by atoms with Gasteiger partial charge in [0.15, 0.2) is 0 Å². The Balaban J connectivity index is 0.000000174. The molecule has 4 aromatic rings. The van der Waals surface area contributed by atoms with Crippen molar-refractivity contribution in [1.82, 2.24) is 0 Å². The van der Waals surface area contributed by atoms with Crippen molar-refractivity contribution in [2.24, 2.45) is 0 Å². The molecule has 0 atom stereocenters. The van der Waals surface area contributed by atoms with Gasteiger partial charge >= 0.3 is 7.32 Å². The highest BCUT2D eigenvalue weighted by atomic mass is 16.5. The molecular weight excluding hydrogens is 299 g/mol. The van der Waals surface area contributed by atoms with Crippen LogP contribution in [0.5, 0.6) is 0 Å². The molecule has 4 aromatic carbocycles. The van der Waals surface area contributed by atoms with Crippen LogP contribution in [-0.2, 0) is 0 Å². The number of fused-ring (bicyclic) bond motifs is 2. The Bertz CT molecular complexity index is 729. The lowest BCUT2D eigenvalue weighted by molar-refractivity contribution is 0.278. The van der Waals surface area contributed by atoms with E-state index in [9.17, 15) is 0 Å². The van der Waals surface area contributed by atoms with Crippen LogP contribution in [0.1, 0.15) is 0 Å². The third kappa shape index (κ3) is 5.86. The summed E-state index contributed by atoms with van der Waals surface area (Å²) in [7, 11) is -2.17. The number of rotatable bonds is 0. The molecule has 0 saturated carbocycles. The van der Waals surface area contributed by atoms with Gasteiger partial charge < -0.3 is 15.1 Å². The summed E-state index contributed by atoms with van der Waals surface area (Å²) in [6, 6.07) is 33.4. The van der Waals surface area contributed by atoms with E-state index in [0.717, 1.165) is 0 Å². The van der Waals surface area contributed by atoms with Crippen LogP contribution in [0, 0.1) is 0 Å². The van der Waals surface area contributed by atoms with Gasteiger partial charge in [-0.05, 0) is 33.7 Å². The van der Waals surface area contributed by atoms with E-state index in [1.54, 1.807) is 0 Å². The van der Waals surface area contributed by atoms with E-state index in [0.29, 0.717) is 0 Å². The van der Waals surface area contributed by atoms with Crippen LogP contribution in [0.2, 0.25) is 0 Å². The summed E-state index contributed by atoms with van der Waals surface area (Å²) in [5.41, 5.74) is 0. The van der Waals surface area contributed by atoms with Crippen LogP contribution in [0.15, 0.2) is 97.1 Å². The third-order valence-electron chi connectivity index (χ3n) is 3.28. The lowest BCUT2D eigenvalue weighted by Gasteiger charge is -2.00. The van der Waals surface area contributed by atoms with Gasteiger partial charge in [-0.2, -0.15) is 0 Å². The molecule has 3 N–H and O–H groups in total. The highest BCUT2D eigenvalue weighted by Crippen LogP contribution is 2.21. The number of benzene rings is 4. The van der Waals surface area contributed by atoms with E-state index in [-0.39, 0.29) is 0 Å². The zero-order chi connectivity index (χ0) is 17.2. The van der Waals surface area contributed by atoms with Crippen molar-refractivity contribution >= 4 is 28.9 Å². The van der Waals surface area contributed by atoms with Crippen LogP contribution >= 0.6 is 0 Å². The molecule has 0 fully saturated rings. The minimum atomic E-state index is -2.17. The fourth-order valence-corrected chi connectivity index (χ4v) is 2.27. The molecule has 3 nitrogen and oxygen atoms in total. The Kier molecular flexibility index (Phi) is 6.99. The molecule has 0 bridgehead atoms. The quantitative estimate of drug-likeness (QED) is 0.343. The smallest absolute Gasteiger partial charge is 0.402 e. The van der Waals surface area contributed by atoms with Crippen LogP contribution in [0.4, 0.5) is 0 Å². The minimum absolute atomic E-state index is 1.31. The molecule has 0 aliphatic heterocycles. The van der Waals surface area contributed by atoms with Gasteiger partial charge in [-0.15, -0.1) is 0 Å². The molecule has 0 unspecified atom stereocenters. The van der Waals surface area contributed by atoms with Crippen LogP contribution in [-0.4, -0.2) is 22.4 Å². The Morgan fingerprint density at radius 2 is 0.625 bits per heavy atom. The topological polar surface area (TPSA) is 60.7 Å². The van der Waals surface area contributed by atoms with Gasteiger partial charge in [-0.25, -0.2) is 0 Å². The lowest BCUT2D eigenvalue weighted by atomic mass is 10.0. The van der Waals surface area contributed by atoms with Crippen molar-refractivity contribution in [2.75, 3.05) is 0 Å². The van der Waals surface area contributed by atoms with Crippen molar-refractivity contribution in [3.63, 3.8) is 0 Å². The third-order valence-corrected chi connectivity index (χ3v) is 3.28. The first-order chi connectivity index (χ1) is 11.7. The molecule has 0 spiro atoms. The van der Waals surface area contributed by atoms with Gasteiger partial charge in [-0.3, -0.25) is 0 Å². The number of hydrogen-bond donors (Lipinski definition) is 3. The molecule has 24 heavy (non-hydrogen) atoms. The summed E-state index contributed by atoms with van der Waals surface area (Å²) in [5.74, 6) is 0. The van der Waals surface area contributed by atoms with Gasteiger partial charge in [0.25, 0.3) is 0 Å². The van der Waals surface area contributed by atoms with Crippen molar-refractivity contribution in [2.45, 2.75) is 0 Å². The molecule has 0 saturated heterocycles. The van der Waals surface area contributed by atoms with Crippen LogP contribution in [0.25, 0.3) is 21.5 Å². The van der Waals surface area contributed by atoms with Gasteiger partial charge in [0.05, 0.1) is 0 Å². The molecule has 120 valence electrons. The van der Waals surface area contributed by atoms with Gasteiger partial charge in [0.2, 0.25) is 0 Å². The number of hydrogen-bond acceptors (Lipinski definition) is 3. The average Bonchev–Trinajstić information content (AvgIpc) is 2.61. The SMILES string of the molecule is OB(O)O.c1ccc2cc3ccccc3cc2c1.c1ccccc1. The largest absolute Gasteiger partial charge is 0.631 e. The summed E-state index contributed by atoms with van der Waals surface area (Å²) >= 11 is 0. The molecule has 0 aliphatic rings. The normalized spacial score (nSPS) is 9.46. The van der Waals surface area contributed by atoms with Crippen molar-refractivity contribution in [3.8, 4) is 0 Å². The van der Waals surface area contributed by atoms with E-state index in [4.69, 9.17) is 15.1 Å². The molecular formula is C20H19BO3. The van der Waals surface area contributed by atoms with Crippen LogP contribution < -0.4 is 0 Å². The lowest BCUT2D eigenvalue weighted by Crippen LogP contribution is -2.07. The molecule has 0 heterocycles. The fraction of sp³-hybridized carbons (Fsp3) is 0. The van der Waals surface area contributed by atoms with Gasteiger partial charge in [-0.1, -0.05) is 84.9 Å². The first-order valence-electron chi connectivity index (χ1n) is 7.58. The van der Waals surface area contributed by atoms with E-state index in [1.165, 1.54) is 21.5 Å². The van der Waals surface area contributed by atoms with Crippen molar-refractivity contribution in [1.29, 1.82) is 0 Å². The highest BCUT2D eigenvalue weighted by Gasteiger charge is 1.95. The predicted molar refractivity (Wildman–Crippen MR) is 100 cm³/mol. The maximum atomic E-state index is 7.17. The summed E-state index contributed by atoms with van der Waals surface area (Å²) in [6.07, 6.45) is 0. The van der Waals surface area contributed by atoms with E-state index < -0.39 is 7.32 Å². The molecule has 4 heteroatoms. The predicted octanol–water partition coefficient (Wildman–Crippen LogP) is 3.63. The second kappa shape index (κ2) is 9.48. The molecule has 4 rings (SSSR count). The summed E-state index contributed by atoms with van der Waals surface area (Å²) in [6.45, 7) is 0. The minimum Gasteiger partial charge on any atom is -0.402 e. The summed E-state index contributed by atoms with van der Waals surface area (Å²) in [5, 5.41) is 26.7. The van der Waals surface area contributed by atoms with Gasteiger partial charge in [0, 0.05) is 0 Å². The zero-order valence-electron chi connectivity index (χ0n) is 13.2. The van der Waals surface area contributed by atoms with Gasteiger partial charge in [0.1, 0.15) is 0 Å². The molecule has 0 aromatic heterocycles. The van der Waals surface area contributed by atoms with E-state index >= 15 is 0 Å². The Labute approximate surface area is 141 Å². The zero-order valence-corrected chi connectivity index (χ0v) is 13.2. The molecule has 0 amide bonds. The Hall–Kier alpha value is -2.66. The van der Waals surface area contributed by atoms with Crippen molar-refractivity contribution < 1.29 is 15.1 Å². The second-order valence-corrected chi connectivity index (χ2v) is 5.05. The van der Waals surface area contributed by atoms with E-state index in [2.05, 4.69) is 60.7 Å². The van der Waals surface area contributed by atoms with Crippen LogP contribution in [0.3, 0.4) is 0 Å². The Morgan fingerprint density at radius 3 is 0.833 bits per heavy atom. The first-order valence-corrected chi connectivity index (χ1v) is 7.58. The molecule has 0 aliphatic carbocycles. The maximum Gasteiger partial charge on any atom is 0.631 e. The Morgan fingerprint density at radius 1 is 0.417 bits per heavy atom. The first kappa shape index (κ1) is 17.7. The maximum absolute atomic E-state index is 7.17. The molecule has 0 radical (unpaired) electrons. The highest BCUT2D eigenvalue weighted by molar-refractivity contribution is 6.30. The van der Waals surface area contributed by atoms with Crippen molar-refractivity contribution in [3.05, 3.63) is 97.1 Å². The fourth-order valence-electron chi connectivity index (χ4n) is 2.27. The summed E-state index contributed by atoms with van der Waals surface area (Å²) in [4.78, 5) is 0. The second-order valence-electron chi connectivity index (χ2n) is 5.05. The summed E-state index contributed by atoms with van der Waals surface area (Å²) < 4.78 is 0.